The van der Waals surface area contributed by atoms with Crippen molar-refractivity contribution in [1.29, 1.82) is 0 Å². The molecule has 1 unspecified atom stereocenters. The molecule has 3 heteroatoms. The molecular formula is C9H17BrO2. The van der Waals surface area contributed by atoms with Crippen LogP contribution in [0.1, 0.15) is 26.2 Å². The predicted octanol–water partition coefficient (Wildman–Crippen LogP) is 2.36. The second kappa shape index (κ2) is 5.20. The summed E-state index contributed by atoms with van der Waals surface area (Å²) in [5.41, 5.74) is 0.0785. The molecule has 0 amide bonds. The van der Waals surface area contributed by atoms with Crippen LogP contribution in [0.5, 0.6) is 0 Å². The minimum Gasteiger partial charge on any atom is -0.382 e. The normalized spacial score (nSPS) is 29.5. The fourth-order valence-electron chi connectivity index (χ4n) is 1.53. The number of halogens is 1. The van der Waals surface area contributed by atoms with Gasteiger partial charge in [-0.05, 0) is 19.8 Å². The number of hydrogen-bond donors (Lipinski definition) is 0. The first kappa shape index (κ1) is 10.5. The van der Waals surface area contributed by atoms with E-state index in [2.05, 4.69) is 15.9 Å². The number of ether oxygens (including phenoxy) is 2. The minimum absolute atomic E-state index is 0.0785. The maximum Gasteiger partial charge on any atom is 0.0801 e. The van der Waals surface area contributed by atoms with Crippen LogP contribution in [0.15, 0.2) is 0 Å². The zero-order chi connectivity index (χ0) is 8.86. The Labute approximate surface area is 82.7 Å². The number of alkyl halides is 1. The van der Waals surface area contributed by atoms with Crippen LogP contribution < -0.4 is 0 Å². The molecule has 0 radical (unpaired) electrons. The van der Waals surface area contributed by atoms with Crippen LogP contribution in [0.3, 0.4) is 0 Å². The minimum atomic E-state index is 0.0785. The van der Waals surface area contributed by atoms with E-state index < -0.39 is 0 Å². The number of rotatable bonds is 5. The van der Waals surface area contributed by atoms with Crippen molar-refractivity contribution in [2.45, 2.75) is 31.8 Å². The predicted molar refractivity (Wildman–Crippen MR) is 52.8 cm³/mol. The van der Waals surface area contributed by atoms with Crippen molar-refractivity contribution in [3.05, 3.63) is 0 Å². The second-order valence-corrected chi connectivity index (χ2v) is 3.78. The van der Waals surface area contributed by atoms with Crippen molar-refractivity contribution in [1.82, 2.24) is 0 Å². The Balaban J connectivity index is 2.24. The van der Waals surface area contributed by atoms with Crippen LogP contribution in [0.25, 0.3) is 0 Å². The third-order valence-electron chi connectivity index (χ3n) is 2.33. The summed E-state index contributed by atoms with van der Waals surface area (Å²) in [4.78, 5) is 0. The molecule has 0 aromatic rings. The molecule has 0 aromatic heterocycles. The molecule has 1 fully saturated rings. The van der Waals surface area contributed by atoms with Gasteiger partial charge in [0, 0.05) is 31.6 Å². The van der Waals surface area contributed by atoms with E-state index >= 15 is 0 Å². The van der Waals surface area contributed by atoms with Crippen molar-refractivity contribution in [3.63, 3.8) is 0 Å². The van der Waals surface area contributed by atoms with Gasteiger partial charge in [0.1, 0.15) is 0 Å². The van der Waals surface area contributed by atoms with Crippen LogP contribution in [0.2, 0.25) is 0 Å². The molecule has 1 aliphatic heterocycles. The molecule has 2 nitrogen and oxygen atoms in total. The molecule has 1 aliphatic rings. The SMILES string of the molecule is CCOCCC1(CBr)CCCO1. The summed E-state index contributed by atoms with van der Waals surface area (Å²) >= 11 is 3.50. The van der Waals surface area contributed by atoms with Crippen molar-refractivity contribution in [2.24, 2.45) is 0 Å². The third-order valence-corrected chi connectivity index (χ3v) is 3.36. The van der Waals surface area contributed by atoms with Crippen LogP contribution in [-0.4, -0.2) is 30.8 Å². The smallest absolute Gasteiger partial charge is 0.0801 e. The molecule has 0 saturated carbocycles. The first-order valence-electron chi connectivity index (χ1n) is 4.61. The van der Waals surface area contributed by atoms with Gasteiger partial charge in [0.25, 0.3) is 0 Å². The van der Waals surface area contributed by atoms with Gasteiger partial charge in [-0.3, -0.25) is 0 Å². The van der Waals surface area contributed by atoms with Crippen LogP contribution in [0.4, 0.5) is 0 Å². The molecule has 0 spiro atoms. The molecule has 0 bridgehead atoms. The lowest BCUT2D eigenvalue weighted by Gasteiger charge is -2.25. The summed E-state index contributed by atoms with van der Waals surface area (Å²) in [6, 6.07) is 0. The fourth-order valence-corrected chi connectivity index (χ4v) is 2.25. The Bertz CT molecular complexity index is 122. The second-order valence-electron chi connectivity index (χ2n) is 3.22. The van der Waals surface area contributed by atoms with Gasteiger partial charge in [0.05, 0.1) is 5.60 Å². The monoisotopic (exact) mass is 236 g/mol. The van der Waals surface area contributed by atoms with Crippen LogP contribution in [0, 0.1) is 0 Å². The highest BCUT2D eigenvalue weighted by molar-refractivity contribution is 9.09. The van der Waals surface area contributed by atoms with Gasteiger partial charge < -0.3 is 9.47 Å². The van der Waals surface area contributed by atoms with Gasteiger partial charge >= 0.3 is 0 Å². The summed E-state index contributed by atoms with van der Waals surface area (Å²) < 4.78 is 11.0. The lowest BCUT2D eigenvalue weighted by molar-refractivity contribution is -0.00502. The quantitative estimate of drug-likeness (QED) is 0.539. The van der Waals surface area contributed by atoms with E-state index in [1.54, 1.807) is 0 Å². The average Bonchev–Trinajstić information content (AvgIpc) is 2.55. The Kier molecular flexibility index (Phi) is 4.54. The molecule has 0 N–H and O–H groups in total. The Morgan fingerprint density at radius 2 is 2.42 bits per heavy atom. The molecule has 0 aliphatic carbocycles. The first-order valence-corrected chi connectivity index (χ1v) is 5.73. The molecule has 1 heterocycles. The fraction of sp³-hybridized carbons (Fsp3) is 1.00. The van der Waals surface area contributed by atoms with Crippen molar-refractivity contribution >= 4 is 15.9 Å². The molecular weight excluding hydrogens is 220 g/mol. The summed E-state index contributed by atoms with van der Waals surface area (Å²) in [5, 5.41) is 0.938. The highest BCUT2D eigenvalue weighted by Crippen LogP contribution is 2.30. The maximum absolute atomic E-state index is 5.71. The standard InChI is InChI=1S/C9H17BrO2/c1-2-11-7-5-9(8-10)4-3-6-12-9/h2-8H2,1H3. The highest BCUT2D eigenvalue weighted by atomic mass is 79.9. The average molecular weight is 237 g/mol. The first-order chi connectivity index (χ1) is 5.83. The van der Waals surface area contributed by atoms with E-state index in [0.29, 0.717) is 0 Å². The molecule has 12 heavy (non-hydrogen) atoms. The van der Waals surface area contributed by atoms with Gasteiger partial charge in [-0.2, -0.15) is 0 Å². The summed E-state index contributed by atoms with van der Waals surface area (Å²) in [5.74, 6) is 0. The van der Waals surface area contributed by atoms with E-state index in [1.807, 2.05) is 6.92 Å². The van der Waals surface area contributed by atoms with Crippen LogP contribution in [-0.2, 0) is 9.47 Å². The summed E-state index contributed by atoms with van der Waals surface area (Å²) in [6.45, 7) is 4.56. The van der Waals surface area contributed by atoms with E-state index in [9.17, 15) is 0 Å². The van der Waals surface area contributed by atoms with E-state index in [4.69, 9.17) is 9.47 Å². The molecule has 1 saturated heterocycles. The van der Waals surface area contributed by atoms with Gasteiger partial charge in [0.15, 0.2) is 0 Å². The van der Waals surface area contributed by atoms with E-state index in [1.165, 1.54) is 12.8 Å². The zero-order valence-corrected chi connectivity index (χ0v) is 9.23. The Morgan fingerprint density at radius 1 is 1.58 bits per heavy atom. The molecule has 1 atom stereocenters. The van der Waals surface area contributed by atoms with Gasteiger partial charge in [-0.15, -0.1) is 0 Å². The van der Waals surface area contributed by atoms with Gasteiger partial charge in [-0.25, -0.2) is 0 Å². The lowest BCUT2D eigenvalue weighted by Crippen LogP contribution is -2.31. The Hall–Kier alpha value is 0.400. The summed E-state index contributed by atoms with van der Waals surface area (Å²) in [6.07, 6.45) is 3.38. The van der Waals surface area contributed by atoms with Gasteiger partial charge in [-0.1, -0.05) is 15.9 Å². The topological polar surface area (TPSA) is 18.5 Å². The van der Waals surface area contributed by atoms with E-state index in [-0.39, 0.29) is 5.60 Å². The van der Waals surface area contributed by atoms with E-state index in [0.717, 1.165) is 31.6 Å². The largest absolute Gasteiger partial charge is 0.382 e. The van der Waals surface area contributed by atoms with Crippen LogP contribution >= 0.6 is 15.9 Å². The molecule has 0 aromatic carbocycles. The summed E-state index contributed by atoms with van der Waals surface area (Å²) in [7, 11) is 0. The van der Waals surface area contributed by atoms with Crippen molar-refractivity contribution in [2.75, 3.05) is 25.2 Å². The maximum atomic E-state index is 5.71. The zero-order valence-electron chi connectivity index (χ0n) is 7.64. The van der Waals surface area contributed by atoms with Crippen molar-refractivity contribution in [3.8, 4) is 0 Å². The third kappa shape index (κ3) is 2.71. The molecule has 72 valence electrons. The van der Waals surface area contributed by atoms with Crippen molar-refractivity contribution < 1.29 is 9.47 Å². The number of hydrogen-bond acceptors (Lipinski definition) is 2. The lowest BCUT2D eigenvalue weighted by atomic mass is 9.99. The molecule has 1 rings (SSSR count). The Morgan fingerprint density at radius 3 is 2.92 bits per heavy atom. The highest BCUT2D eigenvalue weighted by Gasteiger charge is 2.33. The van der Waals surface area contributed by atoms with Gasteiger partial charge in [0.2, 0.25) is 0 Å².